The van der Waals surface area contributed by atoms with Gasteiger partial charge in [-0.2, -0.15) is 0 Å². The molecule has 4 atom stereocenters. The van der Waals surface area contributed by atoms with Gasteiger partial charge in [0.15, 0.2) is 0 Å². The summed E-state index contributed by atoms with van der Waals surface area (Å²) in [4.78, 5) is 24.4. The maximum atomic E-state index is 12.8. The van der Waals surface area contributed by atoms with Gasteiger partial charge < -0.3 is 15.3 Å². The van der Waals surface area contributed by atoms with Crippen molar-refractivity contribution in [3.63, 3.8) is 0 Å². The van der Waals surface area contributed by atoms with E-state index in [4.69, 9.17) is 4.99 Å². The van der Waals surface area contributed by atoms with Crippen LogP contribution in [-0.4, -0.2) is 71.4 Å². The average Bonchev–Trinajstić information content (AvgIpc) is 3.32. The first-order chi connectivity index (χ1) is 18.2. The third kappa shape index (κ3) is 9.63. The number of amidine groups is 1. The van der Waals surface area contributed by atoms with Crippen LogP contribution in [0.5, 0.6) is 0 Å². The molecule has 0 aromatic heterocycles. The van der Waals surface area contributed by atoms with Gasteiger partial charge in [-0.1, -0.05) is 52.2 Å². The molecule has 2 heterocycles. The van der Waals surface area contributed by atoms with Crippen LogP contribution >= 0.6 is 11.8 Å². The number of nitrogens with one attached hydrogen (secondary N) is 1. The number of halogens is 2. The van der Waals surface area contributed by atoms with Crippen LogP contribution in [0.1, 0.15) is 79.1 Å². The lowest BCUT2D eigenvalue weighted by atomic mass is 9.99. The third-order valence-electron chi connectivity index (χ3n) is 7.07. The fraction of sp³-hybridized carbons (Fsp3) is 0.690. The standard InChI is InChI=1S/C29H46F2N4O2S/c1-6-9-11-22(36)14-15-27(37)34-21-17-25-23(24(32-5)12-10-13-26(30)31)18-33-29(35(25)19-21)28(20(4)8-3)38-16-7-2/h7,10,12,16,20-22,26,28,36H,6,8-9,11,13-15,17-19H2,1-5H3,(H,34,37)/b12-10-,16-7-,32-24+. The predicted molar refractivity (Wildman–Crippen MR) is 156 cm³/mol. The van der Waals surface area contributed by atoms with Gasteiger partial charge in [0.05, 0.1) is 29.7 Å². The van der Waals surface area contributed by atoms with E-state index >= 15 is 0 Å². The van der Waals surface area contributed by atoms with Gasteiger partial charge in [-0.05, 0) is 37.2 Å². The number of carbonyl (C=O) groups is 1. The molecular weight excluding hydrogens is 506 g/mol. The molecule has 2 aliphatic heterocycles. The van der Waals surface area contributed by atoms with E-state index in [2.05, 4.69) is 41.4 Å². The van der Waals surface area contributed by atoms with Gasteiger partial charge in [-0.25, -0.2) is 8.78 Å². The zero-order valence-electron chi connectivity index (χ0n) is 23.6. The van der Waals surface area contributed by atoms with Crippen molar-refractivity contribution >= 4 is 29.2 Å². The highest BCUT2D eigenvalue weighted by molar-refractivity contribution is 8.03. The second kappa shape index (κ2) is 16.9. The van der Waals surface area contributed by atoms with Crippen LogP contribution in [0.4, 0.5) is 8.78 Å². The summed E-state index contributed by atoms with van der Waals surface area (Å²) in [5, 5.41) is 15.6. The maximum absolute atomic E-state index is 12.8. The molecule has 0 aromatic carbocycles. The molecular formula is C29H46F2N4O2S. The molecule has 2 rings (SSSR count). The van der Waals surface area contributed by atoms with Crippen LogP contribution in [0.2, 0.25) is 0 Å². The van der Waals surface area contributed by atoms with Gasteiger partial charge in [-0.3, -0.25) is 14.8 Å². The summed E-state index contributed by atoms with van der Waals surface area (Å²) in [6.45, 7) is 9.53. The highest BCUT2D eigenvalue weighted by atomic mass is 32.2. The molecule has 9 heteroatoms. The van der Waals surface area contributed by atoms with Gasteiger partial charge >= 0.3 is 0 Å². The van der Waals surface area contributed by atoms with Crippen LogP contribution in [0.25, 0.3) is 0 Å². The van der Waals surface area contributed by atoms with Crippen molar-refractivity contribution in [2.24, 2.45) is 15.9 Å². The largest absolute Gasteiger partial charge is 0.393 e. The SMILES string of the molecule is C/C=C\SC(C1=NCC(C(/C=C\CC(F)F)=N/C)=C2CC(NC(=O)CCC(O)CCCC)CN12)C(C)CC. The number of aliphatic hydroxyl groups is 1. The number of alkyl halides is 2. The smallest absolute Gasteiger partial charge is 0.242 e. The fourth-order valence-electron chi connectivity index (χ4n) is 4.76. The summed E-state index contributed by atoms with van der Waals surface area (Å²) in [6, 6.07) is -0.101. The van der Waals surface area contributed by atoms with Crippen LogP contribution in [0, 0.1) is 5.92 Å². The monoisotopic (exact) mass is 552 g/mol. The molecule has 1 saturated heterocycles. The molecule has 0 spiro atoms. The number of amides is 1. The van der Waals surface area contributed by atoms with E-state index in [9.17, 15) is 18.7 Å². The molecule has 4 unspecified atom stereocenters. The average molecular weight is 553 g/mol. The van der Waals surface area contributed by atoms with Crippen molar-refractivity contribution in [3.05, 3.63) is 34.9 Å². The molecule has 2 N–H and O–H groups in total. The Morgan fingerprint density at radius 1 is 1.34 bits per heavy atom. The highest BCUT2D eigenvalue weighted by Gasteiger charge is 2.39. The summed E-state index contributed by atoms with van der Waals surface area (Å²) in [5.74, 6) is 1.33. The van der Waals surface area contributed by atoms with E-state index in [0.717, 1.165) is 42.8 Å². The molecule has 38 heavy (non-hydrogen) atoms. The van der Waals surface area contributed by atoms with E-state index in [1.165, 1.54) is 6.08 Å². The van der Waals surface area contributed by atoms with Crippen LogP contribution in [-0.2, 0) is 4.79 Å². The van der Waals surface area contributed by atoms with Gasteiger partial charge in [0.25, 0.3) is 0 Å². The quantitative estimate of drug-likeness (QED) is 0.226. The van der Waals surface area contributed by atoms with Crippen molar-refractivity contribution < 1.29 is 18.7 Å². The van der Waals surface area contributed by atoms with E-state index in [1.807, 2.05) is 13.0 Å². The summed E-state index contributed by atoms with van der Waals surface area (Å²) in [5.41, 5.74) is 2.63. The van der Waals surface area contributed by atoms with E-state index < -0.39 is 12.5 Å². The van der Waals surface area contributed by atoms with Gasteiger partial charge in [0, 0.05) is 44.1 Å². The Hall–Kier alpha value is -2.00. The molecule has 0 aromatic rings. The first-order valence-corrected chi connectivity index (χ1v) is 14.9. The topological polar surface area (TPSA) is 77.3 Å². The van der Waals surface area contributed by atoms with Crippen molar-refractivity contribution in [2.75, 3.05) is 20.1 Å². The molecule has 1 amide bonds. The fourth-order valence-corrected chi connectivity index (χ4v) is 5.87. The number of allylic oxidation sites excluding steroid dienone is 3. The lowest BCUT2D eigenvalue weighted by molar-refractivity contribution is -0.122. The Morgan fingerprint density at radius 2 is 2.11 bits per heavy atom. The van der Waals surface area contributed by atoms with Crippen LogP contribution in [0.3, 0.4) is 0 Å². The van der Waals surface area contributed by atoms with Crippen molar-refractivity contribution in [1.82, 2.24) is 10.2 Å². The Kier molecular flexibility index (Phi) is 14.3. The molecule has 6 nitrogen and oxygen atoms in total. The minimum absolute atomic E-state index is 0.0611. The molecule has 0 aliphatic carbocycles. The van der Waals surface area contributed by atoms with Crippen LogP contribution in [0.15, 0.2) is 44.9 Å². The first-order valence-electron chi connectivity index (χ1n) is 13.9. The number of thioether (sulfide) groups is 1. The zero-order valence-corrected chi connectivity index (χ0v) is 24.4. The summed E-state index contributed by atoms with van der Waals surface area (Å²) < 4.78 is 25.5. The second-order valence-electron chi connectivity index (χ2n) is 10.1. The lowest BCUT2D eigenvalue weighted by Crippen LogP contribution is -2.44. The number of hydrogen-bond donors (Lipinski definition) is 2. The molecule has 2 aliphatic rings. The first kappa shape index (κ1) is 32.2. The van der Waals surface area contributed by atoms with Crippen molar-refractivity contribution in [3.8, 4) is 0 Å². The molecule has 0 bridgehead atoms. The van der Waals surface area contributed by atoms with E-state index in [-0.39, 0.29) is 23.6 Å². The second-order valence-corrected chi connectivity index (χ2v) is 11.1. The number of fused-ring (bicyclic) bond motifs is 1. The number of nitrogens with zero attached hydrogens (tertiary/aromatic N) is 3. The number of aliphatic hydroxyl groups excluding tert-OH is 1. The minimum Gasteiger partial charge on any atom is -0.393 e. The number of hydrogen-bond acceptors (Lipinski definition) is 6. The number of aliphatic imine (C=N–C) groups is 2. The third-order valence-corrected chi connectivity index (χ3v) is 8.47. The van der Waals surface area contributed by atoms with Crippen molar-refractivity contribution in [1.29, 1.82) is 0 Å². The van der Waals surface area contributed by atoms with Gasteiger partial charge in [-0.15, -0.1) is 11.8 Å². The van der Waals surface area contributed by atoms with Crippen molar-refractivity contribution in [2.45, 2.75) is 103 Å². The normalized spacial score (nSPS) is 20.9. The van der Waals surface area contributed by atoms with Gasteiger partial charge in [0.2, 0.25) is 12.3 Å². The predicted octanol–water partition coefficient (Wildman–Crippen LogP) is 6.14. The number of rotatable bonds is 16. The Morgan fingerprint density at radius 3 is 2.74 bits per heavy atom. The van der Waals surface area contributed by atoms with E-state index in [0.29, 0.717) is 44.0 Å². The lowest BCUT2D eigenvalue weighted by Gasteiger charge is -2.35. The van der Waals surface area contributed by atoms with Crippen LogP contribution < -0.4 is 5.32 Å². The summed E-state index contributed by atoms with van der Waals surface area (Å²) in [7, 11) is 1.67. The minimum atomic E-state index is -2.40. The summed E-state index contributed by atoms with van der Waals surface area (Å²) in [6.07, 6.45) is 7.06. The highest BCUT2D eigenvalue weighted by Crippen LogP contribution is 2.36. The molecule has 214 valence electrons. The summed E-state index contributed by atoms with van der Waals surface area (Å²) >= 11 is 1.76. The maximum Gasteiger partial charge on any atom is 0.242 e. The Bertz CT molecular complexity index is 916. The Labute approximate surface area is 231 Å². The number of carbonyl (C=O) groups excluding carboxylic acids is 1. The number of unbranched alkanes of at least 4 members (excludes halogenated alkanes) is 1. The van der Waals surface area contributed by atoms with Gasteiger partial charge in [0.1, 0.15) is 5.84 Å². The Balaban J connectivity index is 2.28. The van der Waals surface area contributed by atoms with E-state index in [1.54, 1.807) is 24.9 Å². The molecule has 0 saturated carbocycles. The zero-order chi connectivity index (χ0) is 28.1. The molecule has 0 radical (unpaired) electrons. The molecule has 1 fully saturated rings.